The highest BCUT2D eigenvalue weighted by atomic mass is 35.5. The molecule has 1 aromatic carbocycles. The molecule has 2 aromatic rings. The highest BCUT2D eigenvalue weighted by Crippen LogP contribution is 2.25. The number of sulfonamides is 1. The summed E-state index contributed by atoms with van der Waals surface area (Å²) in [6.07, 6.45) is 0. The molecule has 0 saturated carbocycles. The molecule has 1 amide bonds. The number of halogens is 2. The van der Waals surface area contributed by atoms with Gasteiger partial charge in [0.1, 0.15) is 4.90 Å². The average Bonchev–Trinajstić information content (AvgIpc) is 3.12. The van der Waals surface area contributed by atoms with Crippen molar-refractivity contribution in [2.45, 2.75) is 18.4 Å². The number of benzene rings is 1. The third kappa shape index (κ3) is 5.51. The summed E-state index contributed by atoms with van der Waals surface area (Å²) in [5, 5.41) is 0.207. The molecule has 0 unspecified atom stereocenters. The molecule has 0 atom stereocenters. The molecule has 0 aliphatic carbocycles. The maximum atomic E-state index is 12.8. The number of amides is 1. The molecule has 1 aromatic heterocycles. The van der Waals surface area contributed by atoms with E-state index in [1.165, 1.54) is 21.7 Å². The molecular weight excluding hydrogens is 453 g/mol. The molecule has 10 heteroatoms. The Hall–Kier alpha value is -1.16. The standard InChI is InChI=1S/C19H23Cl2N3O3S2/c1-2-22(13-15-7-8-18(21)28-15)14-19(25)23-9-11-24(12-10-23)29(26,27)17-6-4-3-5-16(17)20/h3-8H,2,9-14H2,1H3. The molecule has 0 N–H and O–H groups in total. The fourth-order valence-corrected chi connectivity index (χ4v) is 6.24. The average molecular weight is 476 g/mol. The van der Waals surface area contributed by atoms with Crippen LogP contribution in [0.1, 0.15) is 11.8 Å². The predicted molar refractivity (Wildman–Crippen MR) is 117 cm³/mol. The van der Waals surface area contributed by atoms with Crippen LogP contribution in [0.4, 0.5) is 0 Å². The summed E-state index contributed by atoms with van der Waals surface area (Å²) in [4.78, 5) is 17.7. The highest BCUT2D eigenvalue weighted by Gasteiger charge is 2.31. The SMILES string of the molecule is CCN(CC(=O)N1CCN(S(=O)(=O)c2ccccc2Cl)CC1)Cc1ccc(Cl)s1. The lowest BCUT2D eigenvalue weighted by Crippen LogP contribution is -2.52. The third-order valence-corrected chi connectivity index (χ3v) is 8.47. The molecule has 1 aliphatic rings. The van der Waals surface area contributed by atoms with E-state index in [2.05, 4.69) is 4.90 Å². The van der Waals surface area contributed by atoms with E-state index in [1.54, 1.807) is 23.1 Å². The minimum Gasteiger partial charge on any atom is -0.339 e. The lowest BCUT2D eigenvalue weighted by Gasteiger charge is -2.35. The second-order valence-electron chi connectivity index (χ2n) is 6.72. The van der Waals surface area contributed by atoms with Crippen LogP contribution in [0.3, 0.4) is 0 Å². The summed E-state index contributed by atoms with van der Waals surface area (Å²) in [6.45, 7) is 4.95. The first-order valence-electron chi connectivity index (χ1n) is 9.30. The lowest BCUT2D eigenvalue weighted by molar-refractivity contribution is -0.133. The van der Waals surface area contributed by atoms with Crippen molar-refractivity contribution in [1.29, 1.82) is 0 Å². The Balaban J connectivity index is 1.57. The van der Waals surface area contributed by atoms with E-state index in [9.17, 15) is 13.2 Å². The van der Waals surface area contributed by atoms with Gasteiger partial charge in [-0.3, -0.25) is 9.69 Å². The van der Waals surface area contributed by atoms with Gasteiger partial charge in [-0.15, -0.1) is 11.3 Å². The van der Waals surface area contributed by atoms with Crippen molar-refractivity contribution in [1.82, 2.24) is 14.1 Å². The molecule has 29 heavy (non-hydrogen) atoms. The Bertz CT molecular complexity index is 957. The Labute approximate surface area is 185 Å². The van der Waals surface area contributed by atoms with Gasteiger partial charge in [-0.25, -0.2) is 8.42 Å². The van der Waals surface area contributed by atoms with Crippen LogP contribution in [0.5, 0.6) is 0 Å². The van der Waals surface area contributed by atoms with Gasteiger partial charge in [0.15, 0.2) is 0 Å². The van der Waals surface area contributed by atoms with E-state index in [0.29, 0.717) is 26.2 Å². The van der Waals surface area contributed by atoms with Crippen molar-refractivity contribution >= 4 is 50.5 Å². The zero-order chi connectivity index (χ0) is 21.0. The Morgan fingerprint density at radius 1 is 1.10 bits per heavy atom. The van der Waals surface area contributed by atoms with Gasteiger partial charge in [-0.05, 0) is 30.8 Å². The molecule has 6 nitrogen and oxygen atoms in total. The van der Waals surface area contributed by atoms with Crippen molar-refractivity contribution in [3.8, 4) is 0 Å². The fraction of sp³-hybridized carbons (Fsp3) is 0.421. The van der Waals surface area contributed by atoms with E-state index in [4.69, 9.17) is 23.2 Å². The third-order valence-electron chi connectivity index (χ3n) is 4.86. The number of likely N-dealkylation sites (N-methyl/N-ethyl adjacent to an activating group) is 1. The van der Waals surface area contributed by atoms with Crippen LogP contribution in [0.25, 0.3) is 0 Å². The number of rotatable bonds is 7. The first-order chi connectivity index (χ1) is 13.8. The van der Waals surface area contributed by atoms with Gasteiger partial charge >= 0.3 is 0 Å². The van der Waals surface area contributed by atoms with E-state index in [1.807, 2.05) is 19.1 Å². The summed E-state index contributed by atoms with van der Waals surface area (Å²) < 4.78 is 27.8. The molecule has 1 saturated heterocycles. The Kier molecular flexibility index (Phi) is 7.58. The summed E-state index contributed by atoms with van der Waals surface area (Å²) in [6, 6.07) is 10.2. The first kappa shape index (κ1) is 22.5. The van der Waals surface area contributed by atoms with Crippen LogP contribution in [-0.2, 0) is 21.4 Å². The second kappa shape index (κ2) is 9.76. The molecule has 1 aliphatic heterocycles. The normalized spacial score (nSPS) is 15.8. The van der Waals surface area contributed by atoms with Crippen LogP contribution >= 0.6 is 34.5 Å². The molecule has 2 heterocycles. The molecular formula is C19H23Cl2N3O3S2. The smallest absolute Gasteiger partial charge is 0.244 e. The van der Waals surface area contributed by atoms with Gasteiger partial charge in [-0.1, -0.05) is 42.3 Å². The largest absolute Gasteiger partial charge is 0.339 e. The number of piperazine rings is 1. The Morgan fingerprint density at radius 3 is 2.38 bits per heavy atom. The van der Waals surface area contributed by atoms with E-state index >= 15 is 0 Å². The van der Waals surface area contributed by atoms with Gasteiger partial charge in [-0.2, -0.15) is 4.31 Å². The quantitative estimate of drug-likeness (QED) is 0.615. The minimum atomic E-state index is -3.67. The summed E-state index contributed by atoms with van der Waals surface area (Å²) in [7, 11) is -3.67. The fourth-order valence-electron chi connectivity index (χ4n) is 3.20. The summed E-state index contributed by atoms with van der Waals surface area (Å²) in [5.74, 6) is 0.00398. The van der Waals surface area contributed by atoms with Gasteiger partial charge in [0, 0.05) is 37.6 Å². The summed E-state index contributed by atoms with van der Waals surface area (Å²) in [5.41, 5.74) is 0. The van der Waals surface area contributed by atoms with Crippen LogP contribution < -0.4 is 0 Å². The van der Waals surface area contributed by atoms with Crippen LogP contribution in [0.15, 0.2) is 41.3 Å². The van der Waals surface area contributed by atoms with Crippen molar-refractivity contribution in [2.75, 3.05) is 39.3 Å². The maximum absolute atomic E-state index is 12.8. The number of nitrogens with zero attached hydrogens (tertiary/aromatic N) is 3. The monoisotopic (exact) mass is 475 g/mol. The number of hydrogen-bond acceptors (Lipinski definition) is 5. The molecule has 158 valence electrons. The van der Waals surface area contributed by atoms with Crippen molar-refractivity contribution < 1.29 is 13.2 Å². The van der Waals surface area contributed by atoms with Gasteiger partial charge < -0.3 is 4.90 Å². The summed E-state index contributed by atoms with van der Waals surface area (Å²) >= 11 is 13.6. The number of hydrogen-bond donors (Lipinski definition) is 0. The van der Waals surface area contributed by atoms with E-state index < -0.39 is 10.0 Å². The molecule has 0 bridgehead atoms. The topological polar surface area (TPSA) is 60.9 Å². The second-order valence-corrected chi connectivity index (χ2v) is 10.8. The zero-order valence-corrected chi connectivity index (χ0v) is 19.2. The number of carbonyl (C=O) groups is 1. The van der Waals surface area contributed by atoms with E-state index in [-0.39, 0.29) is 28.9 Å². The minimum absolute atomic E-state index is 0.00398. The van der Waals surface area contributed by atoms with Crippen LogP contribution in [0.2, 0.25) is 9.36 Å². The number of thiophene rings is 1. The zero-order valence-electron chi connectivity index (χ0n) is 16.1. The van der Waals surface area contributed by atoms with Crippen molar-refractivity contribution in [3.63, 3.8) is 0 Å². The lowest BCUT2D eigenvalue weighted by atomic mass is 10.3. The highest BCUT2D eigenvalue weighted by molar-refractivity contribution is 7.89. The molecule has 0 radical (unpaired) electrons. The van der Waals surface area contributed by atoms with Crippen molar-refractivity contribution in [3.05, 3.63) is 50.6 Å². The van der Waals surface area contributed by atoms with Gasteiger partial charge in [0.05, 0.1) is 15.9 Å². The van der Waals surface area contributed by atoms with Gasteiger partial charge in [0.2, 0.25) is 15.9 Å². The predicted octanol–water partition coefficient (Wildman–Crippen LogP) is 3.41. The molecule has 1 fully saturated rings. The Morgan fingerprint density at radius 2 is 1.79 bits per heavy atom. The molecule has 0 spiro atoms. The van der Waals surface area contributed by atoms with E-state index in [0.717, 1.165) is 15.8 Å². The van der Waals surface area contributed by atoms with Crippen molar-refractivity contribution in [2.24, 2.45) is 0 Å². The first-order valence-corrected chi connectivity index (χ1v) is 12.3. The van der Waals surface area contributed by atoms with Gasteiger partial charge in [0.25, 0.3) is 0 Å². The maximum Gasteiger partial charge on any atom is 0.244 e. The van der Waals surface area contributed by atoms with Crippen LogP contribution in [-0.4, -0.2) is 67.7 Å². The molecule has 3 rings (SSSR count). The number of carbonyl (C=O) groups excluding carboxylic acids is 1. The van der Waals surface area contributed by atoms with Crippen LogP contribution in [0, 0.1) is 0 Å².